The first-order valence-corrected chi connectivity index (χ1v) is 6.84. The Morgan fingerprint density at radius 2 is 2.22 bits per heavy atom. The van der Waals surface area contributed by atoms with E-state index < -0.39 is 0 Å². The standard InChI is InChI=1S/C12H11ClN4S/c1-3-9-14-4-5-17(9)10-8-6-7(2)18-11(8)16-12(13)15-10/h4-6H,3H2,1-2H3. The van der Waals surface area contributed by atoms with Gasteiger partial charge < -0.3 is 0 Å². The van der Waals surface area contributed by atoms with E-state index in [1.165, 1.54) is 4.88 Å². The molecule has 0 N–H and O–H groups in total. The maximum Gasteiger partial charge on any atom is 0.225 e. The van der Waals surface area contributed by atoms with Crippen molar-refractivity contribution >= 4 is 33.2 Å². The van der Waals surface area contributed by atoms with E-state index in [0.29, 0.717) is 0 Å². The molecule has 3 heterocycles. The lowest BCUT2D eigenvalue weighted by Gasteiger charge is -2.06. The van der Waals surface area contributed by atoms with Gasteiger partial charge >= 0.3 is 0 Å². The van der Waals surface area contributed by atoms with Crippen molar-refractivity contribution in [3.8, 4) is 5.82 Å². The Hall–Kier alpha value is -1.46. The first-order chi connectivity index (χ1) is 8.69. The van der Waals surface area contributed by atoms with E-state index in [0.717, 1.165) is 28.3 Å². The molecule has 0 amide bonds. The molecule has 3 aromatic rings. The maximum absolute atomic E-state index is 6.00. The van der Waals surface area contributed by atoms with Crippen molar-refractivity contribution in [1.82, 2.24) is 19.5 Å². The van der Waals surface area contributed by atoms with E-state index in [2.05, 4.69) is 34.9 Å². The van der Waals surface area contributed by atoms with Crippen molar-refractivity contribution in [3.05, 3.63) is 34.4 Å². The van der Waals surface area contributed by atoms with Gasteiger partial charge in [-0.05, 0) is 24.6 Å². The average molecular weight is 279 g/mol. The predicted octanol–water partition coefficient (Wildman–Crippen LogP) is 3.40. The third-order valence-corrected chi connectivity index (χ3v) is 3.84. The highest BCUT2D eigenvalue weighted by atomic mass is 35.5. The predicted molar refractivity (Wildman–Crippen MR) is 73.7 cm³/mol. The summed E-state index contributed by atoms with van der Waals surface area (Å²) in [6, 6.07) is 2.09. The molecule has 0 saturated carbocycles. The van der Waals surface area contributed by atoms with E-state index >= 15 is 0 Å². The van der Waals surface area contributed by atoms with Crippen LogP contribution >= 0.6 is 22.9 Å². The Morgan fingerprint density at radius 1 is 1.39 bits per heavy atom. The molecule has 0 aliphatic rings. The minimum Gasteiger partial charge on any atom is -0.287 e. The Labute approximate surface area is 113 Å². The van der Waals surface area contributed by atoms with Crippen LogP contribution in [0.2, 0.25) is 5.28 Å². The topological polar surface area (TPSA) is 43.6 Å². The van der Waals surface area contributed by atoms with Crippen LogP contribution in [0, 0.1) is 6.92 Å². The molecule has 0 unspecified atom stereocenters. The number of hydrogen-bond acceptors (Lipinski definition) is 4. The van der Waals surface area contributed by atoms with Gasteiger partial charge in [-0.1, -0.05) is 6.92 Å². The highest BCUT2D eigenvalue weighted by molar-refractivity contribution is 7.18. The molecule has 0 spiro atoms. The van der Waals surface area contributed by atoms with Gasteiger partial charge in [-0.3, -0.25) is 4.57 Å². The van der Waals surface area contributed by atoms with Crippen LogP contribution in [0.15, 0.2) is 18.5 Å². The Morgan fingerprint density at radius 3 is 3.00 bits per heavy atom. The van der Waals surface area contributed by atoms with Crippen LogP contribution in [0.25, 0.3) is 16.0 Å². The van der Waals surface area contributed by atoms with Gasteiger partial charge in [-0.2, -0.15) is 4.98 Å². The largest absolute Gasteiger partial charge is 0.287 e. The number of imidazole rings is 1. The first kappa shape index (κ1) is 11.6. The summed E-state index contributed by atoms with van der Waals surface area (Å²) in [6.45, 7) is 4.12. The lowest BCUT2D eigenvalue weighted by molar-refractivity contribution is 0.871. The summed E-state index contributed by atoms with van der Waals surface area (Å²) in [4.78, 5) is 15.0. The van der Waals surface area contributed by atoms with Crippen molar-refractivity contribution in [1.29, 1.82) is 0 Å². The van der Waals surface area contributed by atoms with Crippen LogP contribution in [-0.4, -0.2) is 19.5 Å². The molecule has 0 aromatic carbocycles. The molecule has 0 aliphatic carbocycles. The van der Waals surface area contributed by atoms with Crippen molar-refractivity contribution in [2.45, 2.75) is 20.3 Å². The van der Waals surface area contributed by atoms with Crippen molar-refractivity contribution in [2.75, 3.05) is 0 Å². The lowest BCUT2D eigenvalue weighted by atomic mass is 10.3. The first-order valence-electron chi connectivity index (χ1n) is 5.65. The summed E-state index contributed by atoms with van der Waals surface area (Å²) in [7, 11) is 0. The van der Waals surface area contributed by atoms with Gasteiger partial charge in [0.2, 0.25) is 5.28 Å². The molecule has 0 radical (unpaired) electrons. The lowest BCUT2D eigenvalue weighted by Crippen LogP contribution is -2.03. The van der Waals surface area contributed by atoms with E-state index in [1.807, 2.05) is 10.8 Å². The molecular weight excluding hydrogens is 268 g/mol. The molecule has 18 heavy (non-hydrogen) atoms. The number of halogens is 1. The van der Waals surface area contributed by atoms with Crippen LogP contribution in [0.4, 0.5) is 0 Å². The third kappa shape index (κ3) is 1.79. The molecule has 0 bridgehead atoms. The van der Waals surface area contributed by atoms with Crippen LogP contribution in [0.1, 0.15) is 17.6 Å². The number of aryl methyl sites for hydroxylation is 2. The van der Waals surface area contributed by atoms with E-state index in [4.69, 9.17) is 11.6 Å². The number of aromatic nitrogens is 4. The Balaban J connectivity index is 2.34. The molecule has 0 saturated heterocycles. The summed E-state index contributed by atoms with van der Waals surface area (Å²) in [5.41, 5.74) is 0. The van der Waals surface area contributed by atoms with Gasteiger partial charge in [0.1, 0.15) is 10.7 Å². The number of thiophene rings is 1. The fraction of sp³-hybridized carbons (Fsp3) is 0.250. The molecule has 6 heteroatoms. The second-order valence-corrected chi connectivity index (χ2v) is 5.53. The van der Waals surface area contributed by atoms with Gasteiger partial charge in [-0.15, -0.1) is 11.3 Å². The summed E-state index contributed by atoms with van der Waals surface area (Å²) in [5, 5.41) is 1.30. The molecule has 3 aromatic heterocycles. The highest BCUT2D eigenvalue weighted by Crippen LogP contribution is 2.29. The van der Waals surface area contributed by atoms with Gasteiger partial charge in [0.15, 0.2) is 5.82 Å². The van der Waals surface area contributed by atoms with Gasteiger partial charge in [0, 0.05) is 23.7 Å². The third-order valence-electron chi connectivity index (χ3n) is 2.73. The van der Waals surface area contributed by atoms with Gasteiger partial charge in [-0.25, -0.2) is 9.97 Å². The Kier molecular flexibility index (Phi) is 2.80. The minimum absolute atomic E-state index is 0.273. The number of rotatable bonds is 2. The highest BCUT2D eigenvalue weighted by Gasteiger charge is 2.13. The fourth-order valence-corrected chi connectivity index (χ4v) is 3.06. The molecule has 3 rings (SSSR count). The molecule has 0 aliphatic heterocycles. The van der Waals surface area contributed by atoms with E-state index in [1.54, 1.807) is 17.5 Å². The van der Waals surface area contributed by atoms with Crippen LogP contribution in [0.3, 0.4) is 0 Å². The zero-order valence-corrected chi connectivity index (χ0v) is 11.6. The van der Waals surface area contributed by atoms with Crippen molar-refractivity contribution < 1.29 is 0 Å². The fourth-order valence-electron chi connectivity index (χ4n) is 1.97. The maximum atomic E-state index is 6.00. The summed E-state index contributed by atoms with van der Waals surface area (Å²) >= 11 is 7.62. The quantitative estimate of drug-likeness (QED) is 0.675. The van der Waals surface area contributed by atoms with Gasteiger partial charge in [0.05, 0.1) is 5.39 Å². The second kappa shape index (κ2) is 4.33. The molecule has 0 atom stereocenters. The molecule has 92 valence electrons. The zero-order valence-electron chi connectivity index (χ0n) is 10.0. The number of nitrogens with zero attached hydrogens (tertiary/aromatic N) is 4. The van der Waals surface area contributed by atoms with Crippen molar-refractivity contribution in [2.24, 2.45) is 0 Å². The second-order valence-electron chi connectivity index (χ2n) is 3.96. The molecule has 4 nitrogen and oxygen atoms in total. The normalized spacial score (nSPS) is 11.3. The number of hydrogen-bond donors (Lipinski definition) is 0. The zero-order chi connectivity index (χ0) is 12.7. The van der Waals surface area contributed by atoms with E-state index in [9.17, 15) is 0 Å². The van der Waals surface area contributed by atoms with E-state index in [-0.39, 0.29) is 5.28 Å². The molecular formula is C12H11ClN4S. The minimum atomic E-state index is 0.273. The smallest absolute Gasteiger partial charge is 0.225 e. The number of fused-ring (bicyclic) bond motifs is 1. The Bertz CT molecular complexity index is 716. The van der Waals surface area contributed by atoms with Crippen LogP contribution in [-0.2, 0) is 6.42 Å². The summed E-state index contributed by atoms with van der Waals surface area (Å²) in [6.07, 6.45) is 4.53. The monoisotopic (exact) mass is 278 g/mol. The summed E-state index contributed by atoms with van der Waals surface area (Å²) < 4.78 is 1.97. The SMILES string of the molecule is CCc1nccn1-c1nc(Cl)nc2sc(C)cc12. The van der Waals surface area contributed by atoms with Gasteiger partial charge in [0.25, 0.3) is 0 Å². The average Bonchev–Trinajstić information content (AvgIpc) is 2.92. The van der Waals surface area contributed by atoms with Crippen LogP contribution in [0.5, 0.6) is 0 Å². The van der Waals surface area contributed by atoms with Crippen molar-refractivity contribution in [3.63, 3.8) is 0 Å². The van der Waals surface area contributed by atoms with Crippen LogP contribution < -0.4 is 0 Å². The summed E-state index contributed by atoms with van der Waals surface area (Å²) in [5.74, 6) is 1.78. The molecule has 0 fully saturated rings.